The van der Waals surface area contributed by atoms with Crippen LogP contribution in [0.1, 0.15) is 27.5 Å². The molecule has 4 rings (SSSR count). The van der Waals surface area contributed by atoms with Gasteiger partial charge >= 0.3 is 0 Å². The number of amides is 1. The lowest BCUT2D eigenvalue weighted by atomic mass is 10.2. The number of para-hydroxylation sites is 1. The van der Waals surface area contributed by atoms with E-state index in [1.807, 2.05) is 26.0 Å². The van der Waals surface area contributed by atoms with Gasteiger partial charge in [-0.25, -0.2) is 4.98 Å². The summed E-state index contributed by atoms with van der Waals surface area (Å²) in [5, 5.41) is 15.7. The van der Waals surface area contributed by atoms with E-state index in [1.165, 1.54) is 17.5 Å². The molecule has 1 aliphatic rings. The minimum Gasteiger partial charge on any atom is -0.338 e. The second-order valence-corrected chi connectivity index (χ2v) is 9.22. The van der Waals surface area contributed by atoms with Crippen molar-refractivity contribution < 1.29 is 4.79 Å². The van der Waals surface area contributed by atoms with Gasteiger partial charge in [-0.1, -0.05) is 35.1 Å². The lowest BCUT2D eigenvalue weighted by Crippen LogP contribution is -2.47. The Labute approximate surface area is 206 Å². The summed E-state index contributed by atoms with van der Waals surface area (Å²) in [6, 6.07) is 7.64. The SMILES string of the molecule is Cc1nc(Nc2ncc(C(=O)Nc3c(C)cccc3Cl)s2)nc(N2CCN(CCC#N)CC2)n1. The van der Waals surface area contributed by atoms with Gasteiger partial charge in [0.1, 0.15) is 10.7 Å². The fourth-order valence-electron chi connectivity index (χ4n) is 3.54. The number of aromatic nitrogens is 4. The van der Waals surface area contributed by atoms with Gasteiger partial charge in [-0.3, -0.25) is 15.0 Å². The third-order valence-electron chi connectivity index (χ3n) is 5.34. The third kappa shape index (κ3) is 5.77. The number of nitriles is 1. The number of aryl methyl sites for hydroxylation is 2. The van der Waals surface area contributed by atoms with Crippen LogP contribution in [0.15, 0.2) is 24.4 Å². The van der Waals surface area contributed by atoms with E-state index >= 15 is 0 Å². The zero-order valence-corrected chi connectivity index (χ0v) is 20.4. The van der Waals surface area contributed by atoms with Crippen LogP contribution in [0, 0.1) is 25.2 Å². The van der Waals surface area contributed by atoms with E-state index < -0.39 is 0 Å². The molecule has 0 atom stereocenters. The van der Waals surface area contributed by atoms with Crippen LogP contribution < -0.4 is 15.5 Å². The van der Waals surface area contributed by atoms with Gasteiger partial charge in [-0.05, 0) is 25.5 Å². The number of thiazole rings is 1. The van der Waals surface area contributed by atoms with E-state index in [0.717, 1.165) is 38.3 Å². The van der Waals surface area contributed by atoms with Gasteiger partial charge in [0.25, 0.3) is 5.91 Å². The van der Waals surface area contributed by atoms with Gasteiger partial charge in [0.05, 0.1) is 23.0 Å². The van der Waals surface area contributed by atoms with Gasteiger partial charge in [0.2, 0.25) is 11.9 Å². The summed E-state index contributed by atoms with van der Waals surface area (Å²) in [7, 11) is 0. The summed E-state index contributed by atoms with van der Waals surface area (Å²) < 4.78 is 0. The van der Waals surface area contributed by atoms with Crippen molar-refractivity contribution in [1.29, 1.82) is 5.26 Å². The first kappa shape index (κ1) is 23.8. The third-order valence-corrected chi connectivity index (χ3v) is 6.57. The first-order valence-corrected chi connectivity index (χ1v) is 12.0. The highest BCUT2D eigenvalue weighted by molar-refractivity contribution is 7.17. The summed E-state index contributed by atoms with van der Waals surface area (Å²) in [6.07, 6.45) is 2.04. The Morgan fingerprint density at radius 3 is 2.74 bits per heavy atom. The van der Waals surface area contributed by atoms with Crippen molar-refractivity contribution in [3.05, 3.63) is 45.7 Å². The summed E-state index contributed by atoms with van der Waals surface area (Å²) in [4.78, 5) is 35.2. The minimum absolute atomic E-state index is 0.288. The molecule has 0 saturated carbocycles. The largest absolute Gasteiger partial charge is 0.338 e. The molecule has 0 bridgehead atoms. The average molecular weight is 498 g/mol. The molecular weight excluding hydrogens is 474 g/mol. The first-order chi connectivity index (χ1) is 16.4. The van der Waals surface area contributed by atoms with Crippen LogP contribution in [0.3, 0.4) is 0 Å². The normalized spacial score (nSPS) is 14.0. The number of nitrogens with one attached hydrogen (secondary N) is 2. The highest BCUT2D eigenvalue weighted by Crippen LogP contribution is 2.28. The van der Waals surface area contributed by atoms with Gasteiger partial charge in [-0.2, -0.15) is 20.2 Å². The maximum atomic E-state index is 12.7. The van der Waals surface area contributed by atoms with E-state index in [-0.39, 0.29) is 5.91 Å². The molecule has 1 aromatic carbocycles. The standard InChI is InChI=1S/C22H24ClN9OS/c1-14-5-3-6-16(23)18(14)28-19(33)17-13-25-22(34-17)30-20-26-15(2)27-21(29-20)32-11-9-31(10-12-32)8-4-7-24/h3,5-6,13H,4,8-12H2,1-2H3,(H,28,33)(H,25,26,27,29,30). The van der Waals surface area contributed by atoms with E-state index in [1.54, 1.807) is 6.07 Å². The van der Waals surface area contributed by atoms with E-state index in [4.69, 9.17) is 16.9 Å². The minimum atomic E-state index is -0.288. The van der Waals surface area contributed by atoms with Crippen LogP contribution >= 0.6 is 22.9 Å². The molecular formula is C22H24ClN9OS. The fourth-order valence-corrected chi connectivity index (χ4v) is 4.52. The van der Waals surface area contributed by atoms with Crippen LogP contribution in [0.2, 0.25) is 5.02 Å². The molecule has 176 valence electrons. The maximum Gasteiger partial charge on any atom is 0.267 e. The Morgan fingerprint density at radius 2 is 2.00 bits per heavy atom. The number of piperazine rings is 1. The first-order valence-electron chi connectivity index (χ1n) is 10.8. The second-order valence-electron chi connectivity index (χ2n) is 7.78. The number of carbonyl (C=O) groups excluding carboxylic acids is 1. The van der Waals surface area contributed by atoms with Crippen LogP contribution in [0.5, 0.6) is 0 Å². The van der Waals surface area contributed by atoms with Crippen molar-refractivity contribution in [2.45, 2.75) is 20.3 Å². The van der Waals surface area contributed by atoms with Crippen LogP contribution in [-0.2, 0) is 0 Å². The highest BCUT2D eigenvalue weighted by Gasteiger charge is 2.20. The van der Waals surface area contributed by atoms with Crippen molar-refractivity contribution in [3.63, 3.8) is 0 Å². The molecule has 0 radical (unpaired) electrons. The van der Waals surface area contributed by atoms with Crippen molar-refractivity contribution in [2.75, 3.05) is 48.3 Å². The molecule has 2 N–H and O–H groups in total. The van der Waals surface area contributed by atoms with Crippen LogP contribution in [-0.4, -0.2) is 63.5 Å². The molecule has 3 heterocycles. The Kier molecular flexibility index (Phi) is 7.52. The lowest BCUT2D eigenvalue weighted by molar-refractivity contribution is 0.103. The summed E-state index contributed by atoms with van der Waals surface area (Å²) >= 11 is 7.41. The predicted molar refractivity (Wildman–Crippen MR) is 133 cm³/mol. The number of carbonyl (C=O) groups is 1. The molecule has 0 aliphatic carbocycles. The van der Waals surface area contributed by atoms with Crippen molar-refractivity contribution in [1.82, 2.24) is 24.8 Å². The number of nitrogens with zero attached hydrogens (tertiary/aromatic N) is 7. The molecule has 0 unspecified atom stereocenters. The zero-order valence-electron chi connectivity index (χ0n) is 18.9. The van der Waals surface area contributed by atoms with Gasteiger partial charge < -0.3 is 10.2 Å². The van der Waals surface area contributed by atoms with Crippen molar-refractivity contribution in [2.24, 2.45) is 0 Å². The van der Waals surface area contributed by atoms with Crippen molar-refractivity contribution >= 4 is 51.6 Å². The monoisotopic (exact) mass is 497 g/mol. The molecule has 10 nitrogen and oxygen atoms in total. The predicted octanol–water partition coefficient (Wildman–Crippen LogP) is 3.63. The van der Waals surface area contributed by atoms with Gasteiger partial charge in [0.15, 0.2) is 5.13 Å². The summed E-state index contributed by atoms with van der Waals surface area (Å²) in [6.45, 7) is 7.73. The van der Waals surface area contributed by atoms with E-state index in [2.05, 4.69) is 46.4 Å². The quantitative estimate of drug-likeness (QED) is 0.503. The summed E-state index contributed by atoms with van der Waals surface area (Å²) in [5.74, 6) is 1.27. The number of rotatable bonds is 7. The molecule has 1 amide bonds. The highest BCUT2D eigenvalue weighted by atomic mass is 35.5. The molecule has 1 aliphatic heterocycles. The lowest BCUT2D eigenvalue weighted by Gasteiger charge is -2.34. The van der Waals surface area contributed by atoms with Crippen LogP contribution in [0.4, 0.5) is 22.7 Å². The Morgan fingerprint density at radius 1 is 1.21 bits per heavy atom. The second kappa shape index (κ2) is 10.7. The zero-order chi connectivity index (χ0) is 24.1. The maximum absolute atomic E-state index is 12.7. The van der Waals surface area contributed by atoms with Gasteiger partial charge in [0, 0.05) is 39.1 Å². The van der Waals surface area contributed by atoms with E-state index in [0.29, 0.717) is 44.9 Å². The van der Waals surface area contributed by atoms with Gasteiger partial charge in [-0.15, -0.1) is 0 Å². The number of hydrogen-bond donors (Lipinski definition) is 2. The van der Waals surface area contributed by atoms with Crippen molar-refractivity contribution in [3.8, 4) is 6.07 Å². The molecule has 0 spiro atoms. The Hall–Kier alpha value is -3.33. The molecule has 12 heteroatoms. The molecule has 1 saturated heterocycles. The Balaban J connectivity index is 1.41. The molecule has 1 fully saturated rings. The number of benzene rings is 1. The molecule has 3 aromatic rings. The number of halogens is 1. The van der Waals surface area contributed by atoms with E-state index in [9.17, 15) is 4.79 Å². The average Bonchev–Trinajstić information content (AvgIpc) is 3.28. The number of anilines is 4. The smallest absolute Gasteiger partial charge is 0.267 e. The molecule has 2 aromatic heterocycles. The summed E-state index contributed by atoms with van der Waals surface area (Å²) in [5.41, 5.74) is 1.46. The molecule has 34 heavy (non-hydrogen) atoms. The van der Waals surface area contributed by atoms with Crippen LogP contribution in [0.25, 0.3) is 0 Å². The Bertz CT molecular complexity index is 1200. The topological polar surface area (TPSA) is 123 Å². The number of hydrogen-bond acceptors (Lipinski definition) is 10. The fraction of sp³-hybridized carbons (Fsp3) is 0.364.